The Balaban J connectivity index is 1.94. The molecule has 11 heteroatoms. The summed E-state index contributed by atoms with van der Waals surface area (Å²) in [7, 11) is 0. The Labute approximate surface area is 121 Å². The predicted octanol–water partition coefficient (Wildman–Crippen LogP) is -1.35. The maximum Gasteiger partial charge on any atom is 0.322 e. The third-order valence-corrected chi connectivity index (χ3v) is 3.20. The fraction of sp³-hybridized carbons (Fsp3) is 0.200. The van der Waals surface area contributed by atoms with Gasteiger partial charge in [-0.3, -0.25) is 14.4 Å². The lowest BCUT2D eigenvalue weighted by molar-refractivity contribution is -0.137. The van der Waals surface area contributed by atoms with E-state index in [1.54, 1.807) is 11.4 Å². The van der Waals surface area contributed by atoms with Gasteiger partial charge >= 0.3 is 5.97 Å². The second-order valence-corrected chi connectivity index (χ2v) is 4.66. The summed E-state index contributed by atoms with van der Waals surface area (Å²) in [6.45, 7) is -0.817. The molecule has 2 aromatic rings. The zero-order valence-electron chi connectivity index (χ0n) is 10.5. The quantitative estimate of drug-likeness (QED) is 0.599. The molecule has 2 amide bonds. The highest BCUT2D eigenvalue weighted by Crippen LogP contribution is 2.19. The number of aliphatic carboxylic acids is 1. The van der Waals surface area contributed by atoms with E-state index in [4.69, 9.17) is 5.11 Å². The molecule has 0 bridgehead atoms. The largest absolute Gasteiger partial charge is 0.480 e. The SMILES string of the molecule is O=C(O)CNC(=O)CNC(=O)c1sccc1-n1cnnn1. The molecule has 2 heterocycles. The molecule has 21 heavy (non-hydrogen) atoms. The Kier molecular flexibility index (Phi) is 4.56. The van der Waals surface area contributed by atoms with Crippen molar-refractivity contribution in [3.05, 3.63) is 22.7 Å². The van der Waals surface area contributed by atoms with Crippen molar-refractivity contribution in [2.24, 2.45) is 0 Å². The first-order chi connectivity index (χ1) is 10.1. The number of rotatable bonds is 6. The molecule has 0 saturated heterocycles. The molecular weight excluding hydrogens is 300 g/mol. The number of carboxylic acids is 1. The van der Waals surface area contributed by atoms with Crippen LogP contribution in [0.15, 0.2) is 17.8 Å². The molecule has 0 aromatic carbocycles. The number of thiophene rings is 1. The van der Waals surface area contributed by atoms with E-state index < -0.39 is 24.3 Å². The van der Waals surface area contributed by atoms with Crippen LogP contribution in [-0.2, 0) is 9.59 Å². The van der Waals surface area contributed by atoms with Crippen LogP contribution in [0.1, 0.15) is 9.67 Å². The monoisotopic (exact) mass is 310 g/mol. The van der Waals surface area contributed by atoms with E-state index in [2.05, 4.69) is 26.2 Å². The highest BCUT2D eigenvalue weighted by Gasteiger charge is 2.16. The summed E-state index contributed by atoms with van der Waals surface area (Å²) < 4.78 is 1.33. The van der Waals surface area contributed by atoms with Gasteiger partial charge in [-0.25, -0.2) is 0 Å². The van der Waals surface area contributed by atoms with Gasteiger partial charge < -0.3 is 15.7 Å². The van der Waals surface area contributed by atoms with Gasteiger partial charge in [0.25, 0.3) is 5.91 Å². The highest BCUT2D eigenvalue weighted by atomic mass is 32.1. The second-order valence-electron chi connectivity index (χ2n) is 3.74. The number of amides is 2. The van der Waals surface area contributed by atoms with Crippen molar-refractivity contribution < 1.29 is 19.5 Å². The summed E-state index contributed by atoms with van der Waals surface area (Å²) in [4.78, 5) is 33.9. The second kappa shape index (κ2) is 6.56. The van der Waals surface area contributed by atoms with Crippen LogP contribution in [0.3, 0.4) is 0 Å². The van der Waals surface area contributed by atoms with Gasteiger partial charge in [-0.15, -0.1) is 16.4 Å². The molecule has 0 saturated carbocycles. The summed E-state index contributed by atoms with van der Waals surface area (Å²) >= 11 is 1.17. The van der Waals surface area contributed by atoms with Crippen molar-refractivity contribution in [2.45, 2.75) is 0 Å². The van der Waals surface area contributed by atoms with Crippen LogP contribution in [0.4, 0.5) is 0 Å². The van der Waals surface area contributed by atoms with Crippen LogP contribution < -0.4 is 10.6 Å². The molecule has 3 N–H and O–H groups in total. The van der Waals surface area contributed by atoms with Gasteiger partial charge in [0.1, 0.15) is 17.7 Å². The standard InChI is InChI=1S/C10H10N6O4S/c17-7(11-4-8(18)19)3-12-10(20)9-6(1-2-21-9)16-5-13-14-15-16/h1-2,5H,3-4H2,(H,11,17)(H,12,20)(H,18,19). The van der Waals surface area contributed by atoms with Gasteiger partial charge in [0.05, 0.1) is 12.2 Å². The third kappa shape index (κ3) is 3.82. The number of carbonyl (C=O) groups excluding carboxylic acids is 2. The van der Waals surface area contributed by atoms with E-state index in [0.29, 0.717) is 10.6 Å². The first-order valence-electron chi connectivity index (χ1n) is 5.65. The lowest BCUT2D eigenvalue weighted by Crippen LogP contribution is -2.39. The van der Waals surface area contributed by atoms with Crippen molar-refractivity contribution in [3.63, 3.8) is 0 Å². The topological polar surface area (TPSA) is 139 Å². The summed E-state index contributed by atoms with van der Waals surface area (Å²) in [5.41, 5.74) is 0.494. The maximum absolute atomic E-state index is 12.0. The van der Waals surface area contributed by atoms with Crippen LogP contribution in [-0.4, -0.2) is 56.2 Å². The minimum absolute atomic E-state index is 0.320. The van der Waals surface area contributed by atoms with Crippen LogP contribution in [0.25, 0.3) is 5.69 Å². The smallest absolute Gasteiger partial charge is 0.322 e. The summed E-state index contributed by atoms with van der Waals surface area (Å²) in [6, 6.07) is 1.67. The van der Waals surface area contributed by atoms with Crippen LogP contribution in [0, 0.1) is 0 Å². The van der Waals surface area contributed by atoms with Gasteiger partial charge in [0.2, 0.25) is 5.91 Å². The average molecular weight is 310 g/mol. The van der Waals surface area contributed by atoms with E-state index in [1.807, 2.05) is 0 Å². The lowest BCUT2D eigenvalue weighted by Gasteiger charge is -2.05. The Morgan fingerprint density at radius 3 is 2.76 bits per heavy atom. The van der Waals surface area contributed by atoms with Crippen molar-refractivity contribution >= 4 is 29.1 Å². The molecule has 0 aliphatic carbocycles. The molecule has 0 unspecified atom stereocenters. The number of aromatic nitrogens is 4. The fourth-order valence-corrected chi connectivity index (χ4v) is 2.20. The summed E-state index contributed by atoms with van der Waals surface area (Å²) in [5.74, 6) is -2.22. The highest BCUT2D eigenvalue weighted by molar-refractivity contribution is 7.12. The molecule has 0 spiro atoms. The van der Waals surface area contributed by atoms with Crippen LogP contribution >= 0.6 is 11.3 Å². The summed E-state index contributed by atoms with van der Waals surface area (Å²) in [6.07, 6.45) is 1.35. The van der Waals surface area contributed by atoms with E-state index in [9.17, 15) is 14.4 Å². The van der Waals surface area contributed by atoms with E-state index in [-0.39, 0.29) is 6.54 Å². The minimum atomic E-state index is -1.16. The molecule has 2 aromatic heterocycles. The van der Waals surface area contributed by atoms with Crippen LogP contribution in [0.5, 0.6) is 0 Å². The van der Waals surface area contributed by atoms with E-state index in [1.165, 1.54) is 22.3 Å². The molecule has 0 atom stereocenters. The van der Waals surface area contributed by atoms with Gasteiger partial charge in [0, 0.05) is 0 Å². The van der Waals surface area contributed by atoms with Crippen molar-refractivity contribution in [1.29, 1.82) is 0 Å². The van der Waals surface area contributed by atoms with Crippen LogP contribution in [0.2, 0.25) is 0 Å². The van der Waals surface area contributed by atoms with Gasteiger partial charge in [-0.1, -0.05) is 0 Å². The predicted molar refractivity (Wildman–Crippen MR) is 70.0 cm³/mol. The molecule has 0 aliphatic heterocycles. The molecule has 0 aliphatic rings. The first-order valence-corrected chi connectivity index (χ1v) is 6.53. The van der Waals surface area contributed by atoms with Gasteiger partial charge in [-0.2, -0.15) is 4.68 Å². The Bertz CT molecular complexity index is 652. The Hall–Kier alpha value is -2.82. The Morgan fingerprint density at radius 1 is 1.29 bits per heavy atom. The molecule has 0 radical (unpaired) electrons. The average Bonchev–Trinajstić information content (AvgIpc) is 3.11. The maximum atomic E-state index is 12.0. The molecular formula is C10H10N6O4S. The fourth-order valence-electron chi connectivity index (χ4n) is 1.40. The minimum Gasteiger partial charge on any atom is -0.480 e. The normalized spacial score (nSPS) is 10.1. The number of carbonyl (C=O) groups is 3. The van der Waals surface area contributed by atoms with Crippen molar-refractivity contribution in [2.75, 3.05) is 13.1 Å². The molecule has 10 nitrogen and oxygen atoms in total. The Morgan fingerprint density at radius 2 is 2.10 bits per heavy atom. The number of nitrogens with one attached hydrogen (secondary N) is 2. The van der Waals surface area contributed by atoms with Gasteiger partial charge in [0.15, 0.2) is 0 Å². The molecule has 2 rings (SSSR count). The number of nitrogens with zero attached hydrogens (tertiary/aromatic N) is 4. The van der Waals surface area contributed by atoms with Crippen molar-refractivity contribution in [1.82, 2.24) is 30.8 Å². The van der Waals surface area contributed by atoms with E-state index >= 15 is 0 Å². The number of carboxylic acid groups (broad SMARTS) is 1. The van der Waals surface area contributed by atoms with Gasteiger partial charge in [-0.05, 0) is 21.9 Å². The zero-order chi connectivity index (χ0) is 15.2. The number of hydrogen-bond donors (Lipinski definition) is 3. The number of tetrazole rings is 1. The first kappa shape index (κ1) is 14.6. The number of hydrogen-bond acceptors (Lipinski definition) is 7. The third-order valence-electron chi connectivity index (χ3n) is 2.29. The zero-order valence-corrected chi connectivity index (χ0v) is 11.3. The summed E-state index contributed by atoms with van der Waals surface area (Å²) in [5, 5.41) is 25.3. The molecule has 110 valence electrons. The molecule has 0 fully saturated rings. The lowest BCUT2D eigenvalue weighted by atomic mass is 10.3. The van der Waals surface area contributed by atoms with Crippen molar-refractivity contribution in [3.8, 4) is 5.69 Å². The van der Waals surface area contributed by atoms with E-state index in [0.717, 1.165) is 0 Å².